The molecule has 45 heavy (non-hydrogen) atoms. The number of esters is 1. The molecule has 2 unspecified atom stereocenters. The number of Topliss-reactive ketones (excluding diaryl/α,β-unsaturated/α-hetero) is 1. The summed E-state index contributed by atoms with van der Waals surface area (Å²) in [5.74, 6) is 1.12. The van der Waals surface area contributed by atoms with Crippen LogP contribution in [0.3, 0.4) is 0 Å². The Bertz CT molecular complexity index is 1020. The van der Waals surface area contributed by atoms with Crippen molar-refractivity contribution in [3.63, 3.8) is 0 Å². The van der Waals surface area contributed by atoms with E-state index < -0.39 is 5.60 Å². The highest BCUT2D eigenvalue weighted by Gasteiger charge is 2.25. The largest absolute Gasteiger partial charge is 0.460 e. The van der Waals surface area contributed by atoms with Crippen LogP contribution in [0.1, 0.15) is 161 Å². The van der Waals surface area contributed by atoms with Crippen LogP contribution in [0.4, 0.5) is 5.69 Å². The molecular formula is C39H72N2O4. The maximum Gasteiger partial charge on any atom is 0.306 e. The Hall–Kier alpha value is -2.21. The second-order valence-electron chi connectivity index (χ2n) is 15.6. The molecule has 1 rings (SSSR count). The Balaban J connectivity index is 0. The molecule has 0 amide bonds. The number of H-pyrrole nitrogens is 1. The van der Waals surface area contributed by atoms with Gasteiger partial charge in [-0.05, 0) is 91.5 Å². The summed E-state index contributed by atoms with van der Waals surface area (Å²) in [7, 11) is 0. The van der Waals surface area contributed by atoms with E-state index in [0.29, 0.717) is 25.0 Å². The van der Waals surface area contributed by atoms with E-state index in [1.165, 1.54) is 0 Å². The molecular weight excluding hydrogens is 560 g/mol. The van der Waals surface area contributed by atoms with Gasteiger partial charge in [0.05, 0.1) is 17.9 Å². The van der Waals surface area contributed by atoms with Crippen molar-refractivity contribution in [2.45, 2.75) is 173 Å². The van der Waals surface area contributed by atoms with Crippen molar-refractivity contribution in [2.24, 2.45) is 22.7 Å². The highest BCUT2D eigenvalue weighted by atomic mass is 16.6. The molecule has 262 valence electrons. The van der Waals surface area contributed by atoms with Gasteiger partial charge in [-0.1, -0.05) is 81.7 Å². The number of unbranched alkanes of at least 4 members (excludes halogenated alkanes) is 1. The molecule has 0 aliphatic carbocycles. The lowest BCUT2D eigenvalue weighted by molar-refractivity contribution is -0.156. The predicted molar refractivity (Wildman–Crippen MR) is 195 cm³/mol. The first-order valence-corrected chi connectivity index (χ1v) is 17.4. The summed E-state index contributed by atoms with van der Waals surface area (Å²) in [4.78, 5) is 33.6. The van der Waals surface area contributed by atoms with Gasteiger partial charge in [0, 0.05) is 41.4 Å². The van der Waals surface area contributed by atoms with Crippen molar-refractivity contribution < 1.29 is 19.1 Å². The van der Waals surface area contributed by atoms with Gasteiger partial charge in [0.15, 0.2) is 5.78 Å². The van der Waals surface area contributed by atoms with E-state index in [-0.39, 0.29) is 34.6 Å². The van der Waals surface area contributed by atoms with Crippen LogP contribution in [0.5, 0.6) is 0 Å². The molecule has 1 N–H and O–H groups in total. The second-order valence-corrected chi connectivity index (χ2v) is 15.6. The van der Waals surface area contributed by atoms with Crippen LogP contribution in [0.15, 0.2) is 22.7 Å². The summed E-state index contributed by atoms with van der Waals surface area (Å²) < 4.78 is 11.6. The van der Waals surface area contributed by atoms with Crippen LogP contribution in [-0.2, 0) is 24.5 Å². The maximum atomic E-state index is 13.1. The summed E-state index contributed by atoms with van der Waals surface area (Å²) in [6.45, 7) is 35.5. The number of nitrogens with one attached hydrogen (secondary N) is 1. The Morgan fingerprint density at radius 3 is 1.93 bits per heavy atom. The number of carbonyl (C=O) groups excluding carboxylic acids is 2. The van der Waals surface area contributed by atoms with Crippen LogP contribution < -0.4 is 0 Å². The molecule has 0 aliphatic rings. The van der Waals surface area contributed by atoms with Crippen LogP contribution in [0, 0.1) is 24.7 Å². The van der Waals surface area contributed by atoms with Crippen LogP contribution in [0.2, 0.25) is 0 Å². The fourth-order valence-electron chi connectivity index (χ4n) is 4.22. The van der Waals surface area contributed by atoms with Crippen molar-refractivity contribution in [1.29, 1.82) is 0 Å². The Labute approximate surface area is 278 Å². The first-order valence-electron chi connectivity index (χ1n) is 17.4. The predicted octanol–water partition coefficient (Wildman–Crippen LogP) is 11.3. The van der Waals surface area contributed by atoms with Crippen LogP contribution in [0.25, 0.3) is 0 Å². The minimum absolute atomic E-state index is 0.0105. The first kappa shape index (κ1) is 44.9. The summed E-state index contributed by atoms with van der Waals surface area (Å²) in [6, 6.07) is 2.07. The minimum atomic E-state index is -0.490. The van der Waals surface area contributed by atoms with E-state index in [1.54, 1.807) is 6.21 Å². The Kier molecular flexibility index (Phi) is 21.5. The molecule has 0 fully saturated rings. The number of allylic oxidation sites excluding steroid dienone is 2. The zero-order valence-corrected chi connectivity index (χ0v) is 32.5. The molecule has 1 heterocycles. The number of aromatic nitrogens is 1. The van der Waals surface area contributed by atoms with Gasteiger partial charge in [-0.25, -0.2) is 0 Å². The SMILES string of the molecule is CC.CC(C)C.CC/C=C(/C=Nc1cc(C(C)(C)C)[nH]c1C)C(=O)CCCCC(COC(C)(C)C)C(C)CC(=O)OC(C)(C)C. The molecule has 0 aliphatic heterocycles. The van der Waals surface area contributed by atoms with Gasteiger partial charge in [-0.2, -0.15) is 0 Å². The monoisotopic (exact) mass is 633 g/mol. The molecule has 0 radical (unpaired) electrons. The summed E-state index contributed by atoms with van der Waals surface area (Å²) in [5, 5.41) is 0. The van der Waals surface area contributed by atoms with Gasteiger partial charge >= 0.3 is 5.97 Å². The molecule has 0 saturated heterocycles. The molecule has 0 bridgehead atoms. The lowest BCUT2D eigenvalue weighted by Crippen LogP contribution is -2.30. The quantitative estimate of drug-likeness (QED) is 0.0957. The van der Waals surface area contributed by atoms with Gasteiger partial charge in [0.2, 0.25) is 0 Å². The number of ether oxygens (including phenoxy) is 2. The molecule has 6 heteroatoms. The first-order chi connectivity index (χ1) is 20.6. The van der Waals surface area contributed by atoms with Crippen molar-refractivity contribution in [1.82, 2.24) is 4.98 Å². The number of carbonyl (C=O) groups is 2. The van der Waals surface area contributed by atoms with Gasteiger partial charge in [-0.3, -0.25) is 14.6 Å². The molecule has 0 saturated carbocycles. The van der Waals surface area contributed by atoms with E-state index in [9.17, 15) is 9.59 Å². The third kappa shape index (κ3) is 22.9. The van der Waals surface area contributed by atoms with E-state index in [2.05, 4.69) is 64.5 Å². The smallest absolute Gasteiger partial charge is 0.306 e. The third-order valence-corrected chi connectivity index (χ3v) is 6.56. The van der Waals surface area contributed by atoms with Crippen molar-refractivity contribution >= 4 is 23.7 Å². The average Bonchev–Trinajstić information content (AvgIpc) is 3.25. The molecule has 1 aromatic heterocycles. The minimum Gasteiger partial charge on any atom is -0.460 e. The Morgan fingerprint density at radius 2 is 1.49 bits per heavy atom. The normalized spacial score (nSPS) is 14.0. The number of ketones is 1. The van der Waals surface area contributed by atoms with Crippen molar-refractivity contribution in [3.8, 4) is 0 Å². The van der Waals surface area contributed by atoms with E-state index in [1.807, 2.05) is 75.3 Å². The fourth-order valence-corrected chi connectivity index (χ4v) is 4.22. The fraction of sp³-hybridized carbons (Fsp3) is 0.769. The average molecular weight is 633 g/mol. The van der Waals surface area contributed by atoms with Crippen LogP contribution >= 0.6 is 0 Å². The molecule has 6 nitrogen and oxygen atoms in total. The zero-order valence-electron chi connectivity index (χ0n) is 32.5. The third-order valence-electron chi connectivity index (χ3n) is 6.56. The molecule has 1 aromatic rings. The number of rotatable bonds is 14. The number of hydrogen-bond donors (Lipinski definition) is 1. The van der Waals surface area contributed by atoms with E-state index >= 15 is 0 Å². The van der Waals surface area contributed by atoms with E-state index in [0.717, 1.165) is 48.7 Å². The summed E-state index contributed by atoms with van der Waals surface area (Å²) in [6.07, 6.45) is 7.88. The summed E-state index contributed by atoms with van der Waals surface area (Å²) >= 11 is 0. The lowest BCUT2D eigenvalue weighted by atomic mass is 9.87. The number of nitrogens with zero attached hydrogens (tertiary/aromatic N) is 1. The number of hydrogen-bond acceptors (Lipinski definition) is 5. The van der Waals surface area contributed by atoms with Crippen LogP contribution in [-0.4, -0.2) is 40.8 Å². The maximum absolute atomic E-state index is 13.1. The molecule has 0 aromatic carbocycles. The highest BCUT2D eigenvalue weighted by Crippen LogP contribution is 2.29. The second kappa shape index (κ2) is 21.6. The molecule has 0 spiro atoms. The van der Waals surface area contributed by atoms with Gasteiger partial charge in [0.25, 0.3) is 0 Å². The Morgan fingerprint density at radius 1 is 0.933 bits per heavy atom. The van der Waals surface area contributed by atoms with E-state index in [4.69, 9.17) is 9.47 Å². The lowest BCUT2D eigenvalue weighted by Gasteiger charge is -2.29. The van der Waals surface area contributed by atoms with Gasteiger partial charge < -0.3 is 14.5 Å². The standard InChI is InChI=1S/C33H56N2O4.C4H10.C2H6/c1-13-16-25(21-34-27-20-29(31(4,5)6)35-24(27)3)28(36)18-15-14-17-26(22-38-32(7,8)9)23(2)19-30(37)39-33(10,11)12;1-4(2)3;1-2/h16,20-21,23,26,35H,13-15,17-19,22H2,1-12H3;4H,1-3H3;1-2H3/b25-16-,34-21?;;. The van der Waals surface area contributed by atoms with Crippen molar-refractivity contribution in [2.75, 3.05) is 6.61 Å². The van der Waals surface area contributed by atoms with Gasteiger partial charge in [0.1, 0.15) is 5.60 Å². The van der Waals surface area contributed by atoms with Gasteiger partial charge in [-0.15, -0.1) is 0 Å². The highest BCUT2D eigenvalue weighted by molar-refractivity contribution is 6.13. The number of aromatic amines is 1. The molecule has 2 atom stereocenters. The number of aliphatic imine (C=N–C) groups is 1. The summed E-state index contributed by atoms with van der Waals surface area (Å²) in [5.41, 5.74) is 2.95. The zero-order chi connectivity index (χ0) is 35.6. The topological polar surface area (TPSA) is 80.8 Å². The number of aryl methyl sites for hydroxylation is 1. The van der Waals surface area contributed by atoms with Crippen molar-refractivity contribution in [3.05, 3.63) is 29.1 Å².